The van der Waals surface area contributed by atoms with Crippen LogP contribution in [0.5, 0.6) is 5.75 Å². The Morgan fingerprint density at radius 2 is 1.67 bits per heavy atom. The molecule has 4 amide bonds. The summed E-state index contributed by atoms with van der Waals surface area (Å²) >= 11 is 12.3. The van der Waals surface area contributed by atoms with Crippen LogP contribution in [-0.2, 0) is 16.2 Å². The molecule has 0 bridgehead atoms. The summed E-state index contributed by atoms with van der Waals surface area (Å²) in [5.41, 5.74) is 2.06. The molecule has 1 N–H and O–H groups in total. The molecule has 3 aromatic carbocycles. The monoisotopic (exact) mass is 480 g/mol. The van der Waals surface area contributed by atoms with E-state index in [0.29, 0.717) is 32.6 Å². The maximum Gasteiger partial charge on any atom is 0.335 e. The van der Waals surface area contributed by atoms with Crippen LogP contribution in [0.15, 0.2) is 72.3 Å². The Labute approximate surface area is 200 Å². The standard InChI is InChI=1S/C25H18Cl2N2O4/c1-15-20(26)10-5-11-22(15)29-24(31)19(23(30)28-25(29)32)13-16-6-4-8-18(12-16)33-14-17-7-2-3-9-21(17)27/h2-13H,14H2,1H3,(H,28,30,32). The number of nitrogens with one attached hydrogen (secondary N) is 1. The Kier molecular flexibility index (Phi) is 6.49. The van der Waals surface area contributed by atoms with E-state index < -0.39 is 17.8 Å². The number of amides is 4. The van der Waals surface area contributed by atoms with E-state index in [9.17, 15) is 14.4 Å². The second-order valence-corrected chi connectivity index (χ2v) is 8.11. The summed E-state index contributed by atoms with van der Waals surface area (Å²) in [6.45, 7) is 1.95. The molecule has 4 rings (SSSR count). The highest BCUT2D eigenvalue weighted by atomic mass is 35.5. The number of imide groups is 2. The Morgan fingerprint density at radius 1 is 0.939 bits per heavy atom. The van der Waals surface area contributed by atoms with Crippen molar-refractivity contribution in [1.29, 1.82) is 0 Å². The third-order valence-corrected chi connectivity index (χ3v) is 5.88. The number of anilines is 1. The van der Waals surface area contributed by atoms with E-state index in [0.717, 1.165) is 10.5 Å². The molecule has 0 radical (unpaired) electrons. The lowest BCUT2D eigenvalue weighted by atomic mass is 10.1. The van der Waals surface area contributed by atoms with Crippen LogP contribution in [0.2, 0.25) is 10.0 Å². The summed E-state index contributed by atoms with van der Waals surface area (Å²) in [6, 6.07) is 18.3. The van der Waals surface area contributed by atoms with Crippen molar-refractivity contribution in [3.05, 3.63) is 99.0 Å². The average molecular weight is 481 g/mol. The summed E-state index contributed by atoms with van der Waals surface area (Å²) in [5.74, 6) is -0.980. The Bertz CT molecular complexity index is 1300. The summed E-state index contributed by atoms with van der Waals surface area (Å²) < 4.78 is 5.81. The summed E-state index contributed by atoms with van der Waals surface area (Å²) in [7, 11) is 0. The van der Waals surface area contributed by atoms with E-state index in [1.807, 2.05) is 18.2 Å². The quantitative estimate of drug-likeness (QED) is 0.383. The number of benzene rings is 3. The largest absolute Gasteiger partial charge is 0.489 e. The number of barbiturate groups is 1. The molecule has 0 unspecified atom stereocenters. The van der Waals surface area contributed by atoms with E-state index in [2.05, 4.69) is 5.32 Å². The van der Waals surface area contributed by atoms with Gasteiger partial charge < -0.3 is 4.74 Å². The predicted molar refractivity (Wildman–Crippen MR) is 127 cm³/mol. The maximum absolute atomic E-state index is 13.1. The molecule has 1 aliphatic heterocycles. The molecular weight excluding hydrogens is 463 g/mol. The van der Waals surface area contributed by atoms with Gasteiger partial charge in [-0.3, -0.25) is 14.9 Å². The Morgan fingerprint density at radius 3 is 2.45 bits per heavy atom. The smallest absolute Gasteiger partial charge is 0.335 e. The van der Waals surface area contributed by atoms with E-state index in [4.69, 9.17) is 27.9 Å². The van der Waals surface area contributed by atoms with Crippen LogP contribution < -0.4 is 15.0 Å². The van der Waals surface area contributed by atoms with E-state index >= 15 is 0 Å². The molecule has 0 aromatic heterocycles. The first-order chi connectivity index (χ1) is 15.8. The predicted octanol–water partition coefficient (Wildman–Crippen LogP) is 5.55. The van der Waals surface area contributed by atoms with E-state index in [-0.39, 0.29) is 12.2 Å². The Hall–Kier alpha value is -3.61. The summed E-state index contributed by atoms with van der Waals surface area (Å²) in [4.78, 5) is 39.0. The molecule has 1 fully saturated rings. The molecule has 0 aliphatic carbocycles. The van der Waals surface area contributed by atoms with Gasteiger partial charge in [-0.05, 0) is 54.5 Å². The highest BCUT2D eigenvalue weighted by molar-refractivity contribution is 6.40. The molecule has 0 spiro atoms. The van der Waals surface area contributed by atoms with Crippen molar-refractivity contribution < 1.29 is 19.1 Å². The molecule has 0 saturated carbocycles. The number of hydrogen-bond donors (Lipinski definition) is 1. The lowest BCUT2D eigenvalue weighted by Crippen LogP contribution is -2.54. The zero-order chi connectivity index (χ0) is 23.5. The first-order valence-electron chi connectivity index (χ1n) is 9.98. The van der Waals surface area contributed by atoms with Gasteiger partial charge in [0.15, 0.2) is 0 Å². The minimum Gasteiger partial charge on any atom is -0.489 e. The number of rotatable bonds is 5. The minimum absolute atomic E-state index is 0.183. The van der Waals surface area contributed by atoms with Crippen molar-refractivity contribution in [3.63, 3.8) is 0 Å². The van der Waals surface area contributed by atoms with E-state index in [1.54, 1.807) is 55.5 Å². The van der Waals surface area contributed by atoms with Crippen LogP contribution in [0.4, 0.5) is 10.5 Å². The van der Waals surface area contributed by atoms with Gasteiger partial charge in [0.25, 0.3) is 11.8 Å². The molecule has 166 valence electrons. The highest BCUT2D eigenvalue weighted by Gasteiger charge is 2.37. The first kappa shape index (κ1) is 22.6. The van der Waals surface area contributed by atoms with Crippen LogP contribution in [0.25, 0.3) is 6.08 Å². The SMILES string of the molecule is Cc1c(Cl)cccc1N1C(=O)NC(=O)C(=Cc2cccc(OCc3ccccc3Cl)c2)C1=O. The van der Waals surface area contributed by atoms with Gasteiger partial charge in [-0.1, -0.05) is 59.6 Å². The zero-order valence-corrected chi connectivity index (χ0v) is 19.0. The van der Waals surface area contributed by atoms with Crippen LogP contribution in [0.1, 0.15) is 16.7 Å². The fourth-order valence-electron chi connectivity index (χ4n) is 3.35. The van der Waals surface area contributed by atoms with Crippen molar-refractivity contribution in [2.45, 2.75) is 13.5 Å². The fourth-order valence-corrected chi connectivity index (χ4v) is 3.71. The number of hydrogen-bond acceptors (Lipinski definition) is 4. The van der Waals surface area contributed by atoms with Crippen molar-refractivity contribution in [2.24, 2.45) is 0 Å². The normalized spacial score (nSPS) is 15.1. The van der Waals surface area contributed by atoms with Crippen LogP contribution in [0, 0.1) is 6.92 Å². The number of carbonyl (C=O) groups excluding carboxylic acids is 3. The van der Waals surface area contributed by atoms with Crippen molar-refractivity contribution >= 4 is 52.8 Å². The van der Waals surface area contributed by atoms with Gasteiger partial charge in [0.1, 0.15) is 17.9 Å². The minimum atomic E-state index is -0.829. The molecular formula is C25H18Cl2N2O4. The zero-order valence-electron chi connectivity index (χ0n) is 17.5. The lowest BCUT2D eigenvalue weighted by Gasteiger charge is -2.27. The van der Waals surface area contributed by atoms with Gasteiger partial charge >= 0.3 is 6.03 Å². The molecule has 0 atom stereocenters. The van der Waals surface area contributed by atoms with Gasteiger partial charge in [-0.2, -0.15) is 0 Å². The summed E-state index contributed by atoms with van der Waals surface area (Å²) in [6.07, 6.45) is 1.42. The van der Waals surface area contributed by atoms with Gasteiger partial charge in [0.2, 0.25) is 0 Å². The highest BCUT2D eigenvalue weighted by Crippen LogP contribution is 2.30. The van der Waals surface area contributed by atoms with E-state index in [1.165, 1.54) is 6.08 Å². The second kappa shape index (κ2) is 9.48. The van der Waals surface area contributed by atoms with Crippen molar-refractivity contribution in [3.8, 4) is 5.75 Å². The fraction of sp³-hybridized carbons (Fsp3) is 0.0800. The topological polar surface area (TPSA) is 75.7 Å². The van der Waals surface area contributed by atoms with Crippen LogP contribution in [0.3, 0.4) is 0 Å². The lowest BCUT2D eigenvalue weighted by molar-refractivity contribution is -0.122. The maximum atomic E-state index is 13.1. The molecule has 1 heterocycles. The van der Waals surface area contributed by atoms with Crippen molar-refractivity contribution in [1.82, 2.24) is 5.32 Å². The van der Waals surface area contributed by atoms with Gasteiger partial charge in [-0.25, -0.2) is 9.69 Å². The second-order valence-electron chi connectivity index (χ2n) is 7.29. The van der Waals surface area contributed by atoms with Gasteiger partial charge in [0, 0.05) is 15.6 Å². The first-order valence-corrected chi connectivity index (χ1v) is 10.7. The Balaban J connectivity index is 1.61. The third kappa shape index (κ3) is 4.77. The summed E-state index contributed by atoms with van der Waals surface area (Å²) in [5, 5.41) is 3.21. The van der Waals surface area contributed by atoms with Gasteiger partial charge in [0.05, 0.1) is 5.69 Å². The average Bonchev–Trinajstić information content (AvgIpc) is 2.79. The van der Waals surface area contributed by atoms with Crippen LogP contribution >= 0.6 is 23.2 Å². The van der Waals surface area contributed by atoms with Crippen molar-refractivity contribution in [2.75, 3.05) is 4.90 Å². The van der Waals surface area contributed by atoms with Crippen LogP contribution in [-0.4, -0.2) is 17.8 Å². The molecule has 6 nitrogen and oxygen atoms in total. The molecule has 3 aromatic rings. The molecule has 1 saturated heterocycles. The number of nitrogens with zero attached hydrogens (tertiary/aromatic N) is 1. The number of urea groups is 1. The van der Waals surface area contributed by atoms with Gasteiger partial charge in [-0.15, -0.1) is 0 Å². The molecule has 33 heavy (non-hydrogen) atoms. The third-order valence-electron chi connectivity index (χ3n) is 5.10. The molecule has 8 heteroatoms. The number of ether oxygens (including phenoxy) is 1. The number of carbonyl (C=O) groups is 3. The molecule has 1 aliphatic rings. The number of halogens is 2.